The van der Waals surface area contributed by atoms with Gasteiger partial charge in [0.05, 0.1) is 5.57 Å². The van der Waals surface area contributed by atoms with E-state index in [4.69, 9.17) is 16.0 Å². The van der Waals surface area contributed by atoms with Crippen molar-refractivity contribution in [3.63, 3.8) is 0 Å². The standard InChI is InChI=1S/C20H13ClN2O5/c21-11-6-4-10(5-7-11)12-8-9-13(16(12)20(26)27)22-18(25)19-23-17-14(24)2-1-3-15(17)28-19/h1-8,24H,9H2,(H,22,25)(H,26,27). The number of para-hydroxylation sites is 1. The second kappa shape index (κ2) is 6.86. The Labute approximate surface area is 163 Å². The van der Waals surface area contributed by atoms with Crippen LogP contribution in [0, 0.1) is 0 Å². The van der Waals surface area contributed by atoms with E-state index in [1.165, 1.54) is 6.07 Å². The highest BCUT2D eigenvalue weighted by atomic mass is 35.5. The van der Waals surface area contributed by atoms with Gasteiger partial charge in [0.25, 0.3) is 5.89 Å². The van der Waals surface area contributed by atoms with E-state index in [1.54, 1.807) is 42.5 Å². The number of aromatic hydroxyl groups is 1. The number of oxazole rings is 1. The summed E-state index contributed by atoms with van der Waals surface area (Å²) in [5.74, 6) is -2.24. The van der Waals surface area contributed by atoms with E-state index in [1.807, 2.05) is 0 Å². The Morgan fingerprint density at radius 2 is 1.89 bits per heavy atom. The molecular weight excluding hydrogens is 384 g/mol. The number of benzene rings is 2. The second-order valence-electron chi connectivity index (χ2n) is 6.08. The number of hydrogen-bond acceptors (Lipinski definition) is 5. The van der Waals surface area contributed by atoms with Gasteiger partial charge in [-0.1, -0.05) is 35.9 Å². The maximum absolute atomic E-state index is 12.5. The lowest BCUT2D eigenvalue weighted by molar-refractivity contribution is -0.132. The molecule has 0 saturated heterocycles. The molecule has 0 radical (unpaired) electrons. The van der Waals surface area contributed by atoms with E-state index >= 15 is 0 Å². The summed E-state index contributed by atoms with van der Waals surface area (Å²) in [6.07, 6.45) is 1.96. The fourth-order valence-electron chi connectivity index (χ4n) is 3.04. The number of carboxylic acids is 1. The van der Waals surface area contributed by atoms with Gasteiger partial charge in [0.1, 0.15) is 5.75 Å². The van der Waals surface area contributed by atoms with Crippen LogP contribution in [-0.2, 0) is 4.79 Å². The van der Waals surface area contributed by atoms with Crippen molar-refractivity contribution >= 4 is 40.2 Å². The van der Waals surface area contributed by atoms with Crippen LogP contribution >= 0.6 is 11.6 Å². The van der Waals surface area contributed by atoms with E-state index in [0.29, 0.717) is 16.2 Å². The van der Waals surface area contributed by atoms with Crippen molar-refractivity contribution in [2.24, 2.45) is 0 Å². The molecule has 0 aliphatic heterocycles. The molecular formula is C20H13ClN2O5. The molecule has 0 bridgehead atoms. The molecule has 1 amide bonds. The van der Waals surface area contributed by atoms with Gasteiger partial charge < -0.3 is 19.9 Å². The van der Waals surface area contributed by atoms with Crippen LogP contribution in [0.15, 0.2) is 64.2 Å². The number of carboxylic acid groups (broad SMARTS) is 1. The number of aromatic nitrogens is 1. The fourth-order valence-corrected chi connectivity index (χ4v) is 3.17. The van der Waals surface area contributed by atoms with Crippen LogP contribution in [-0.4, -0.2) is 27.1 Å². The van der Waals surface area contributed by atoms with Gasteiger partial charge in [-0.15, -0.1) is 0 Å². The molecule has 1 aliphatic rings. The predicted molar refractivity (Wildman–Crippen MR) is 102 cm³/mol. The lowest BCUT2D eigenvalue weighted by atomic mass is 10.0. The zero-order chi connectivity index (χ0) is 19.8. The molecule has 7 nitrogen and oxygen atoms in total. The van der Waals surface area contributed by atoms with Crippen molar-refractivity contribution in [1.82, 2.24) is 10.3 Å². The molecule has 1 heterocycles. The van der Waals surface area contributed by atoms with E-state index in [2.05, 4.69) is 10.3 Å². The molecule has 0 unspecified atom stereocenters. The summed E-state index contributed by atoms with van der Waals surface area (Å²) in [7, 11) is 0. The van der Waals surface area contributed by atoms with Gasteiger partial charge in [-0.2, -0.15) is 0 Å². The predicted octanol–water partition coefficient (Wildman–Crippen LogP) is 3.74. The number of aliphatic carboxylic acids is 1. The smallest absolute Gasteiger partial charge is 0.338 e. The molecule has 0 spiro atoms. The first-order chi connectivity index (χ1) is 13.4. The molecule has 4 rings (SSSR count). The van der Waals surface area contributed by atoms with Crippen molar-refractivity contribution in [1.29, 1.82) is 0 Å². The summed E-state index contributed by atoms with van der Waals surface area (Å²) in [5.41, 5.74) is 1.81. The number of rotatable bonds is 4. The molecule has 3 aromatic rings. The Balaban J connectivity index is 1.65. The van der Waals surface area contributed by atoms with Gasteiger partial charge in [-0.25, -0.2) is 9.78 Å². The number of carbonyl (C=O) groups excluding carboxylic acids is 1. The lowest BCUT2D eigenvalue weighted by Crippen LogP contribution is -2.24. The number of phenols is 1. The van der Waals surface area contributed by atoms with E-state index in [9.17, 15) is 19.8 Å². The molecule has 0 saturated carbocycles. The van der Waals surface area contributed by atoms with Gasteiger partial charge in [0.2, 0.25) is 0 Å². The quantitative estimate of drug-likeness (QED) is 0.619. The monoisotopic (exact) mass is 396 g/mol. The number of nitrogens with zero attached hydrogens (tertiary/aromatic N) is 1. The van der Waals surface area contributed by atoms with Gasteiger partial charge in [0, 0.05) is 17.1 Å². The van der Waals surface area contributed by atoms with Crippen LogP contribution in [0.5, 0.6) is 5.75 Å². The number of carbonyl (C=O) groups is 2. The molecule has 0 fully saturated rings. The van der Waals surface area contributed by atoms with Crippen molar-refractivity contribution in [2.45, 2.75) is 6.42 Å². The van der Waals surface area contributed by atoms with Crippen LogP contribution in [0.1, 0.15) is 22.7 Å². The van der Waals surface area contributed by atoms with Gasteiger partial charge in [-0.05, 0) is 35.4 Å². The largest absolute Gasteiger partial charge is 0.506 e. The highest BCUT2D eigenvalue weighted by Gasteiger charge is 2.27. The number of phenolic OH excluding ortho intramolecular Hbond substituents is 1. The maximum Gasteiger partial charge on any atom is 0.338 e. The SMILES string of the molecule is O=C(O)C1=C(NC(=O)c2nc3c(O)cccc3o2)CC=C1c1ccc(Cl)cc1. The van der Waals surface area contributed by atoms with Gasteiger partial charge in [0.15, 0.2) is 11.1 Å². The first kappa shape index (κ1) is 17.8. The Kier molecular flexibility index (Phi) is 4.37. The van der Waals surface area contributed by atoms with Crippen LogP contribution in [0.3, 0.4) is 0 Å². The summed E-state index contributed by atoms with van der Waals surface area (Å²) in [4.78, 5) is 28.3. The third kappa shape index (κ3) is 3.12. The first-order valence-electron chi connectivity index (χ1n) is 8.27. The molecule has 140 valence electrons. The molecule has 1 aromatic heterocycles. The maximum atomic E-state index is 12.5. The van der Waals surface area contributed by atoms with Crippen molar-refractivity contribution in [2.75, 3.05) is 0 Å². The number of nitrogens with one attached hydrogen (secondary N) is 1. The first-order valence-corrected chi connectivity index (χ1v) is 8.64. The number of allylic oxidation sites excluding steroid dienone is 1. The molecule has 3 N–H and O–H groups in total. The average molecular weight is 397 g/mol. The summed E-state index contributed by atoms with van der Waals surface area (Å²) in [6.45, 7) is 0. The molecule has 0 atom stereocenters. The fraction of sp³-hybridized carbons (Fsp3) is 0.0500. The van der Waals surface area contributed by atoms with Crippen molar-refractivity contribution in [3.8, 4) is 5.75 Å². The minimum Gasteiger partial charge on any atom is -0.506 e. The van der Waals surface area contributed by atoms with Crippen LogP contribution in [0.4, 0.5) is 0 Å². The van der Waals surface area contributed by atoms with Gasteiger partial charge >= 0.3 is 11.9 Å². The number of fused-ring (bicyclic) bond motifs is 1. The highest BCUT2D eigenvalue weighted by Crippen LogP contribution is 2.33. The molecule has 2 aromatic carbocycles. The topological polar surface area (TPSA) is 113 Å². The van der Waals surface area contributed by atoms with Crippen LogP contribution in [0.25, 0.3) is 16.7 Å². The summed E-state index contributed by atoms with van der Waals surface area (Å²) in [5, 5.41) is 22.5. The zero-order valence-electron chi connectivity index (χ0n) is 14.3. The van der Waals surface area contributed by atoms with E-state index in [-0.39, 0.29) is 40.4 Å². The Morgan fingerprint density at radius 1 is 1.14 bits per heavy atom. The van der Waals surface area contributed by atoms with Crippen LogP contribution < -0.4 is 5.32 Å². The third-order valence-corrected chi connectivity index (χ3v) is 4.56. The van der Waals surface area contributed by atoms with Crippen molar-refractivity contribution < 1.29 is 24.2 Å². The second-order valence-corrected chi connectivity index (χ2v) is 6.52. The summed E-state index contributed by atoms with van der Waals surface area (Å²) >= 11 is 5.89. The average Bonchev–Trinajstić information content (AvgIpc) is 3.27. The summed E-state index contributed by atoms with van der Waals surface area (Å²) in [6, 6.07) is 11.3. The number of hydrogen-bond donors (Lipinski definition) is 3. The molecule has 1 aliphatic carbocycles. The minimum atomic E-state index is -1.16. The molecule has 8 heteroatoms. The Bertz CT molecular complexity index is 1180. The minimum absolute atomic E-state index is 0.00497. The zero-order valence-corrected chi connectivity index (χ0v) is 15.0. The Hall–Kier alpha value is -3.58. The number of amides is 1. The Morgan fingerprint density at radius 3 is 2.57 bits per heavy atom. The van der Waals surface area contributed by atoms with Gasteiger partial charge in [-0.3, -0.25) is 4.79 Å². The highest BCUT2D eigenvalue weighted by molar-refractivity contribution is 6.30. The number of halogens is 1. The lowest BCUT2D eigenvalue weighted by Gasteiger charge is -2.09. The van der Waals surface area contributed by atoms with E-state index < -0.39 is 11.9 Å². The normalized spacial score (nSPS) is 13.7. The van der Waals surface area contributed by atoms with Crippen molar-refractivity contribution in [3.05, 3.63) is 76.3 Å². The third-order valence-electron chi connectivity index (χ3n) is 4.31. The van der Waals surface area contributed by atoms with Crippen LogP contribution in [0.2, 0.25) is 5.02 Å². The van der Waals surface area contributed by atoms with E-state index in [0.717, 1.165) is 0 Å². The summed E-state index contributed by atoms with van der Waals surface area (Å²) < 4.78 is 5.36. The molecule has 28 heavy (non-hydrogen) atoms.